The van der Waals surface area contributed by atoms with Gasteiger partial charge in [0, 0.05) is 0 Å². The molecule has 0 radical (unpaired) electrons. The molecule has 0 aliphatic carbocycles. The maximum Gasteiger partial charge on any atom is 0.264 e. The summed E-state index contributed by atoms with van der Waals surface area (Å²) in [5, 5.41) is 0.246. The van der Waals surface area contributed by atoms with Crippen LogP contribution in [0.4, 0.5) is 5.95 Å². The van der Waals surface area contributed by atoms with Crippen LogP contribution in [0.3, 0.4) is 0 Å². The number of ether oxygens (including phenoxy) is 1. The van der Waals surface area contributed by atoms with Gasteiger partial charge in [0.25, 0.3) is 10.0 Å². The highest BCUT2D eigenvalue weighted by Gasteiger charge is 2.17. The first-order chi connectivity index (χ1) is 9.44. The zero-order valence-electron chi connectivity index (χ0n) is 10.8. The van der Waals surface area contributed by atoms with Crippen LogP contribution in [-0.2, 0) is 10.0 Å². The summed E-state index contributed by atoms with van der Waals surface area (Å²) < 4.78 is 31.5. The third-order valence-corrected chi connectivity index (χ3v) is 4.24. The second-order valence-electron chi connectivity index (χ2n) is 3.87. The number of aromatic nitrogens is 2. The molecule has 0 bridgehead atoms. The minimum Gasteiger partial charge on any atom is -0.480 e. The van der Waals surface area contributed by atoms with Crippen LogP contribution in [-0.4, -0.2) is 25.5 Å². The van der Waals surface area contributed by atoms with Gasteiger partial charge in [0.2, 0.25) is 11.8 Å². The number of anilines is 1. The molecule has 0 unspecified atom stereocenters. The molecule has 6 nitrogen and oxygen atoms in total. The van der Waals surface area contributed by atoms with Crippen molar-refractivity contribution in [2.75, 3.05) is 11.8 Å². The zero-order valence-corrected chi connectivity index (χ0v) is 12.4. The Morgan fingerprint density at radius 2 is 1.85 bits per heavy atom. The maximum absolute atomic E-state index is 12.1. The number of methoxy groups -OCH3 is 1. The van der Waals surface area contributed by atoms with Gasteiger partial charge in [-0.2, -0.15) is 4.98 Å². The van der Waals surface area contributed by atoms with Crippen molar-refractivity contribution in [1.82, 2.24) is 9.97 Å². The Labute approximate surface area is 121 Å². The highest BCUT2D eigenvalue weighted by molar-refractivity contribution is 7.92. The molecule has 0 spiro atoms. The summed E-state index contributed by atoms with van der Waals surface area (Å²) >= 11 is 5.93. The number of aryl methyl sites for hydroxylation is 1. The van der Waals surface area contributed by atoms with E-state index in [9.17, 15) is 8.42 Å². The smallest absolute Gasteiger partial charge is 0.264 e. The summed E-state index contributed by atoms with van der Waals surface area (Å²) in [5.74, 6) is 0.0255. The monoisotopic (exact) mass is 313 g/mol. The van der Waals surface area contributed by atoms with Gasteiger partial charge in [-0.1, -0.05) is 29.8 Å². The molecule has 2 rings (SSSR count). The van der Waals surface area contributed by atoms with E-state index in [0.717, 1.165) is 0 Å². The molecule has 106 valence electrons. The van der Waals surface area contributed by atoms with Crippen molar-refractivity contribution in [2.24, 2.45) is 0 Å². The van der Waals surface area contributed by atoms with Gasteiger partial charge in [0.15, 0.2) is 0 Å². The Balaban J connectivity index is 2.38. The number of nitrogens with zero attached hydrogens (tertiary/aromatic N) is 2. The van der Waals surface area contributed by atoms with E-state index in [0.29, 0.717) is 5.69 Å². The fourth-order valence-electron chi connectivity index (χ4n) is 1.49. The highest BCUT2D eigenvalue weighted by Crippen LogP contribution is 2.26. The standard InChI is InChI=1S/C12H12ClN3O3S/c1-8-10(13)11(19-2)15-12(14-8)16-20(17,18)9-6-4-3-5-7-9/h3-7H,1-2H3,(H,14,15,16). The SMILES string of the molecule is COc1nc(NS(=O)(=O)c2ccccc2)nc(C)c1Cl. The highest BCUT2D eigenvalue weighted by atomic mass is 35.5. The minimum atomic E-state index is -3.74. The van der Waals surface area contributed by atoms with Gasteiger partial charge in [-0.15, -0.1) is 0 Å². The van der Waals surface area contributed by atoms with Crippen molar-refractivity contribution < 1.29 is 13.2 Å². The van der Waals surface area contributed by atoms with Crippen LogP contribution in [0.25, 0.3) is 0 Å². The number of halogens is 1. The molecule has 20 heavy (non-hydrogen) atoms. The van der Waals surface area contributed by atoms with Crippen LogP contribution in [0.2, 0.25) is 5.02 Å². The predicted octanol–water partition coefficient (Wildman–Crippen LogP) is 2.25. The molecule has 1 aromatic carbocycles. The van der Waals surface area contributed by atoms with Crippen molar-refractivity contribution in [2.45, 2.75) is 11.8 Å². The Morgan fingerprint density at radius 1 is 1.20 bits per heavy atom. The van der Waals surface area contributed by atoms with Crippen LogP contribution >= 0.6 is 11.6 Å². The topological polar surface area (TPSA) is 81.2 Å². The van der Waals surface area contributed by atoms with Crippen LogP contribution in [0.1, 0.15) is 5.69 Å². The zero-order chi connectivity index (χ0) is 14.8. The van der Waals surface area contributed by atoms with Gasteiger partial charge in [0.05, 0.1) is 17.7 Å². The lowest BCUT2D eigenvalue weighted by atomic mass is 10.4. The van der Waals surface area contributed by atoms with E-state index in [1.54, 1.807) is 25.1 Å². The lowest BCUT2D eigenvalue weighted by Crippen LogP contribution is -2.15. The molecule has 1 aromatic heterocycles. The number of rotatable bonds is 4. The maximum atomic E-state index is 12.1. The molecule has 0 aliphatic heterocycles. The van der Waals surface area contributed by atoms with Gasteiger partial charge >= 0.3 is 0 Å². The molecule has 0 atom stereocenters. The Kier molecular flexibility index (Phi) is 4.10. The third-order valence-electron chi connectivity index (χ3n) is 2.46. The molecule has 8 heteroatoms. The molecule has 1 heterocycles. The van der Waals surface area contributed by atoms with E-state index >= 15 is 0 Å². The van der Waals surface area contributed by atoms with Crippen LogP contribution < -0.4 is 9.46 Å². The van der Waals surface area contributed by atoms with Crippen molar-refractivity contribution in [3.8, 4) is 5.88 Å². The second kappa shape index (κ2) is 5.64. The average molecular weight is 314 g/mol. The fraction of sp³-hybridized carbons (Fsp3) is 0.167. The summed E-state index contributed by atoms with van der Waals surface area (Å²) in [7, 11) is -2.35. The Morgan fingerprint density at radius 3 is 2.45 bits per heavy atom. The van der Waals surface area contributed by atoms with Crippen LogP contribution in [0, 0.1) is 6.92 Å². The largest absolute Gasteiger partial charge is 0.480 e. The fourth-order valence-corrected chi connectivity index (χ4v) is 2.62. The molecular formula is C12H12ClN3O3S. The number of sulfonamides is 1. The number of hydrogen-bond donors (Lipinski definition) is 1. The van der Waals surface area contributed by atoms with Crippen LogP contribution in [0.15, 0.2) is 35.2 Å². The van der Waals surface area contributed by atoms with Gasteiger partial charge < -0.3 is 4.74 Å². The van der Waals surface area contributed by atoms with E-state index < -0.39 is 10.0 Å². The first kappa shape index (κ1) is 14.5. The molecule has 0 aliphatic rings. The van der Waals surface area contributed by atoms with Crippen molar-refractivity contribution in [1.29, 1.82) is 0 Å². The molecule has 0 amide bonds. The van der Waals surface area contributed by atoms with E-state index in [2.05, 4.69) is 14.7 Å². The van der Waals surface area contributed by atoms with Crippen molar-refractivity contribution in [3.63, 3.8) is 0 Å². The van der Waals surface area contributed by atoms with Gasteiger partial charge in [0.1, 0.15) is 5.02 Å². The van der Waals surface area contributed by atoms with Crippen LogP contribution in [0.5, 0.6) is 5.88 Å². The second-order valence-corrected chi connectivity index (χ2v) is 5.93. The van der Waals surface area contributed by atoms with Gasteiger partial charge in [-0.3, -0.25) is 0 Å². The average Bonchev–Trinajstić information content (AvgIpc) is 2.43. The predicted molar refractivity (Wildman–Crippen MR) is 75.6 cm³/mol. The molecule has 2 aromatic rings. The quantitative estimate of drug-likeness (QED) is 0.936. The molecule has 1 N–H and O–H groups in total. The van der Waals surface area contributed by atoms with E-state index in [-0.39, 0.29) is 21.7 Å². The number of benzene rings is 1. The van der Waals surface area contributed by atoms with Gasteiger partial charge in [-0.05, 0) is 19.1 Å². The minimum absolute atomic E-state index is 0.0902. The van der Waals surface area contributed by atoms with Crippen molar-refractivity contribution in [3.05, 3.63) is 41.0 Å². The first-order valence-corrected chi connectivity index (χ1v) is 7.46. The lowest BCUT2D eigenvalue weighted by molar-refractivity contribution is 0.397. The molecule has 0 saturated carbocycles. The first-order valence-electron chi connectivity index (χ1n) is 5.60. The number of hydrogen-bond acceptors (Lipinski definition) is 5. The Hall–Kier alpha value is -1.86. The molecule has 0 fully saturated rings. The van der Waals surface area contributed by atoms with Gasteiger partial charge in [-0.25, -0.2) is 18.1 Å². The Bertz CT molecular complexity index is 720. The summed E-state index contributed by atoms with van der Waals surface area (Å²) in [6, 6.07) is 7.93. The van der Waals surface area contributed by atoms with Crippen molar-refractivity contribution >= 4 is 27.6 Å². The third kappa shape index (κ3) is 3.00. The summed E-state index contributed by atoms with van der Waals surface area (Å²) in [6.45, 7) is 1.63. The normalized spacial score (nSPS) is 11.2. The number of nitrogens with one attached hydrogen (secondary N) is 1. The van der Waals surface area contributed by atoms with E-state index in [1.807, 2.05) is 0 Å². The lowest BCUT2D eigenvalue weighted by Gasteiger charge is -2.09. The van der Waals surface area contributed by atoms with E-state index in [1.165, 1.54) is 19.2 Å². The summed E-state index contributed by atoms with van der Waals surface area (Å²) in [6.07, 6.45) is 0. The molecule has 0 saturated heterocycles. The summed E-state index contributed by atoms with van der Waals surface area (Å²) in [5.41, 5.74) is 0.421. The summed E-state index contributed by atoms with van der Waals surface area (Å²) in [4.78, 5) is 8.01. The molecular weight excluding hydrogens is 302 g/mol. The van der Waals surface area contributed by atoms with E-state index in [4.69, 9.17) is 16.3 Å².